The van der Waals surface area contributed by atoms with Crippen LogP contribution in [0.15, 0.2) is 60.7 Å². The van der Waals surface area contributed by atoms with Crippen molar-refractivity contribution in [3.63, 3.8) is 0 Å². The molecule has 8 nitrogen and oxygen atoms in total. The number of hydrogen-bond acceptors (Lipinski definition) is 6. The fourth-order valence-corrected chi connectivity index (χ4v) is 5.92. The van der Waals surface area contributed by atoms with E-state index in [1.54, 1.807) is 14.1 Å². The van der Waals surface area contributed by atoms with Gasteiger partial charge in [0.15, 0.2) is 0 Å². The number of thiol groups is 1. The smallest absolute Gasteiger partial charge is 0.416 e. The molecule has 0 aliphatic heterocycles. The van der Waals surface area contributed by atoms with Gasteiger partial charge in [0.1, 0.15) is 11.6 Å². The molecule has 3 aromatic carbocycles. The van der Waals surface area contributed by atoms with Crippen LogP contribution in [0.5, 0.6) is 0 Å². The largest absolute Gasteiger partial charge is 0.481 e. The second kappa shape index (κ2) is 14.0. The minimum absolute atomic E-state index is 0.166. The zero-order chi connectivity index (χ0) is 33.1. The summed E-state index contributed by atoms with van der Waals surface area (Å²) in [5.41, 5.74) is 2.86. The van der Waals surface area contributed by atoms with Gasteiger partial charge in [0, 0.05) is 13.1 Å². The first-order chi connectivity index (χ1) is 21.3. The highest BCUT2D eigenvalue weighted by Crippen LogP contribution is 2.43. The summed E-state index contributed by atoms with van der Waals surface area (Å²) in [5, 5.41) is 15.7. The summed E-state index contributed by atoms with van der Waals surface area (Å²) in [6.07, 6.45) is -4.13. The van der Waals surface area contributed by atoms with Crippen LogP contribution in [0.4, 0.5) is 23.2 Å². The minimum Gasteiger partial charge on any atom is -0.481 e. The van der Waals surface area contributed by atoms with Crippen LogP contribution in [0.25, 0.3) is 22.2 Å². The number of aromatic nitrogens is 2. The number of amides is 1. The molecule has 4 atom stereocenters. The van der Waals surface area contributed by atoms with Gasteiger partial charge in [-0.25, -0.2) is 9.37 Å². The van der Waals surface area contributed by atoms with Gasteiger partial charge in [-0.2, -0.15) is 13.2 Å². The lowest BCUT2D eigenvalue weighted by molar-refractivity contribution is -0.149. The van der Waals surface area contributed by atoms with Crippen molar-refractivity contribution in [3.05, 3.63) is 83.4 Å². The van der Waals surface area contributed by atoms with Crippen molar-refractivity contribution in [2.24, 2.45) is 18.9 Å². The molecule has 0 saturated heterocycles. The van der Waals surface area contributed by atoms with Gasteiger partial charge < -0.3 is 20.3 Å². The Hall–Kier alpha value is -3.94. The van der Waals surface area contributed by atoms with Crippen LogP contribution in [0, 0.1) is 24.6 Å². The summed E-state index contributed by atoms with van der Waals surface area (Å²) in [7, 11) is 5.41. The number of imidazole rings is 1. The molecule has 240 valence electrons. The summed E-state index contributed by atoms with van der Waals surface area (Å²) in [6, 6.07) is 15.1. The fourth-order valence-electron chi connectivity index (χ4n) is 5.92. The second-order valence-corrected chi connectivity index (χ2v) is 11.4. The molecule has 1 aromatic heterocycles. The highest BCUT2D eigenvalue weighted by molar-refractivity contribution is 7.78. The maximum Gasteiger partial charge on any atom is 0.416 e. The number of carboxylic acid groups (broad SMARTS) is 1. The Morgan fingerprint density at radius 1 is 1.00 bits per heavy atom. The molecule has 1 aliphatic carbocycles. The van der Waals surface area contributed by atoms with E-state index < -0.39 is 52.9 Å². The fraction of sp³-hybridized carbons (Fsp3) is 0.344. The molecule has 13 heteroatoms. The summed E-state index contributed by atoms with van der Waals surface area (Å²) < 4.78 is 57.8. The molecular weight excluding hydrogens is 610 g/mol. The average Bonchev–Trinajstić information content (AvgIpc) is 3.29. The number of alkyl halides is 3. The van der Waals surface area contributed by atoms with Crippen LogP contribution >= 0.6 is 12.8 Å². The molecule has 4 N–H and O–H groups in total. The van der Waals surface area contributed by atoms with E-state index in [9.17, 15) is 32.3 Å². The van der Waals surface area contributed by atoms with E-state index >= 15 is 0 Å². The quantitative estimate of drug-likeness (QED) is 0.127. The van der Waals surface area contributed by atoms with E-state index in [1.165, 1.54) is 0 Å². The molecule has 0 radical (unpaired) electrons. The maximum absolute atomic E-state index is 14.5. The number of aryl methyl sites for hydroxylation is 2. The van der Waals surface area contributed by atoms with Crippen LogP contribution in [-0.2, 0) is 22.8 Å². The number of carbonyl (C=O) groups is 2. The lowest BCUT2D eigenvalue weighted by Crippen LogP contribution is -2.47. The van der Waals surface area contributed by atoms with Crippen molar-refractivity contribution in [2.75, 3.05) is 19.4 Å². The third kappa shape index (κ3) is 7.48. The SMILES string of the molecule is CNC1C[C@H](C(=O)Nc2ccc(C(F)(F)F)cc2F)C(C(=O)O)[C@H](c2ccc(-c3ccc4c(c3)nc(C)n4C)cc2)C1.CNS. The van der Waals surface area contributed by atoms with E-state index in [2.05, 4.69) is 33.2 Å². The zero-order valence-corrected chi connectivity index (χ0v) is 26.0. The predicted molar refractivity (Wildman–Crippen MR) is 168 cm³/mol. The van der Waals surface area contributed by atoms with E-state index in [1.807, 2.05) is 61.0 Å². The molecular formula is C32H35F4N5O3S. The molecule has 1 heterocycles. The van der Waals surface area contributed by atoms with Gasteiger partial charge in [-0.05, 0) is 86.8 Å². The number of benzene rings is 3. The average molecular weight is 646 g/mol. The first-order valence-corrected chi connectivity index (χ1v) is 14.7. The molecule has 1 saturated carbocycles. The summed E-state index contributed by atoms with van der Waals surface area (Å²) in [5.74, 6) is -5.03. The molecule has 4 aromatic rings. The number of halogens is 4. The van der Waals surface area contributed by atoms with Crippen LogP contribution in [0.1, 0.15) is 35.7 Å². The first kappa shape index (κ1) is 33.9. The van der Waals surface area contributed by atoms with Gasteiger partial charge in [-0.3, -0.25) is 14.3 Å². The molecule has 0 bridgehead atoms. The lowest BCUT2D eigenvalue weighted by atomic mass is 9.67. The number of fused-ring (bicyclic) bond motifs is 1. The number of anilines is 1. The van der Waals surface area contributed by atoms with Gasteiger partial charge in [0.25, 0.3) is 0 Å². The Morgan fingerprint density at radius 3 is 2.22 bits per heavy atom. The molecule has 45 heavy (non-hydrogen) atoms. The summed E-state index contributed by atoms with van der Waals surface area (Å²) in [4.78, 5) is 30.5. The van der Waals surface area contributed by atoms with Gasteiger partial charge in [-0.1, -0.05) is 43.1 Å². The van der Waals surface area contributed by atoms with Crippen molar-refractivity contribution in [3.8, 4) is 11.1 Å². The number of carboxylic acids is 1. The minimum atomic E-state index is -4.74. The van der Waals surface area contributed by atoms with Crippen molar-refractivity contribution in [1.29, 1.82) is 0 Å². The molecule has 1 fully saturated rings. The summed E-state index contributed by atoms with van der Waals surface area (Å²) >= 11 is 3.54. The molecule has 1 amide bonds. The van der Waals surface area contributed by atoms with E-state index in [4.69, 9.17) is 0 Å². The number of aliphatic carboxylic acids is 1. The highest BCUT2D eigenvalue weighted by Gasteiger charge is 2.46. The van der Waals surface area contributed by atoms with Gasteiger partial charge >= 0.3 is 12.1 Å². The topological polar surface area (TPSA) is 108 Å². The first-order valence-electron chi connectivity index (χ1n) is 14.2. The van der Waals surface area contributed by atoms with Gasteiger partial charge in [0.05, 0.1) is 34.1 Å². The standard InChI is InChI=1S/C31H30F4N4O3.CH5NS/c1-16-37-26-12-19(8-11-27(26)39(16)3)17-4-6-18(7-5-17)22-14-21(36-2)15-23(28(22)30(41)42)29(40)38-25-10-9-20(13-24(25)32)31(33,34)35;1-2-3/h4-13,21-23,28,36H,14-15H2,1-3H3,(H,38,40)(H,41,42);2-3H,1H3/t21?,22-,23-,28?;/m0./s1. The zero-order valence-electron chi connectivity index (χ0n) is 25.1. The Morgan fingerprint density at radius 2 is 1.64 bits per heavy atom. The normalized spacial score (nSPS) is 19.9. The second-order valence-electron chi connectivity index (χ2n) is 11.0. The molecule has 2 unspecified atom stereocenters. The Kier molecular flexibility index (Phi) is 10.6. The number of nitrogens with zero attached hydrogens (tertiary/aromatic N) is 2. The van der Waals surface area contributed by atoms with Gasteiger partial charge in [0.2, 0.25) is 5.91 Å². The number of nitrogens with one attached hydrogen (secondary N) is 3. The van der Waals surface area contributed by atoms with Crippen LogP contribution in [0.2, 0.25) is 0 Å². The lowest BCUT2D eigenvalue weighted by Gasteiger charge is -2.39. The number of carbonyl (C=O) groups excluding carboxylic acids is 1. The van der Waals surface area contributed by atoms with Crippen molar-refractivity contribution in [2.45, 2.75) is 37.9 Å². The van der Waals surface area contributed by atoms with Crippen molar-refractivity contribution in [1.82, 2.24) is 19.6 Å². The third-order valence-electron chi connectivity index (χ3n) is 8.30. The Labute approximate surface area is 263 Å². The van der Waals surface area contributed by atoms with Crippen molar-refractivity contribution >= 4 is 41.4 Å². The van der Waals surface area contributed by atoms with Crippen molar-refractivity contribution < 1.29 is 32.3 Å². The third-order valence-corrected chi connectivity index (χ3v) is 8.30. The van der Waals surface area contributed by atoms with Gasteiger partial charge in [-0.15, -0.1) is 0 Å². The monoisotopic (exact) mass is 645 g/mol. The molecule has 0 spiro atoms. The number of hydrogen-bond donors (Lipinski definition) is 5. The van der Waals surface area contributed by atoms with E-state index in [0.29, 0.717) is 18.6 Å². The van der Waals surface area contributed by atoms with Crippen LogP contribution in [-0.4, -0.2) is 46.7 Å². The predicted octanol–water partition coefficient (Wildman–Crippen LogP) is 6.18. The Balaban J connectivity index is 0.00000148. The number of rotatable bonds is 6. The van der Waals surface area contributed by atoms with Crippen LogP contribution in [0.3, 0.4) is 0 Å². The van der Waals surface area contributed by atoms with E-state index in [-0.39, 0.29) is 12.5 Å². The molecule has 5 rings (SSSR count). The Bertz CT molecular complexity index is 1680. The van der Waals surface area contributed by atoms with E-state index in [0.717, 1.165) is 39.6 Å². The highest BCUT2D eigenvalue weighted by atomic mass is 32.1. The molecule has 1 aliphatic rings. The summed E-state index contributed by atoms with van der Waals surface area (Å²) in [6.45, 7) is 1.93. The van der Waals surface area contributed by atoms with Crippen LogP contribution < -0.4 is 15.4 Å². The maximum atomic E-state index is 14.5.